The number of unbranched alkanes of at least 4 members (excludes halogenated alkanes) is 2. The number of carbonyl (C=O) groups is 1. The lowest BCUT2D eigenvalue weighted by Crippen LogP contribution is -2.40. The van der Waals surface area contributed by atoms with Crippen LogP contribution in [-0.2, 0) is 16.4 Å². The summed E-state index contributed by atoms with van der Waals surface area (Å²) >= 11 is 12.8. The average Bonchev–Trinajstić information content (AvgIpc) is 3.10. The van der Waals surface area contributed by atoms with Gasteiger partial charge in [-0.05, 0) is 30.5 Å². The number of benzene rings is 2. The van der Waals surface area contributed by atoms with Gasteiger partial charge in [0.25, 0.3) is 5.91 Å². The lowest BCUT2D eigenvalue weighted by Gasteiger charge is -2.29. The Hall–Kier alpha value is -1.76. The molecule has 31 heavy (non-hydrogen) atoms. The standard InChI is InChI=1S/C23H27Cl2NO4S/c1-2-3-7-11-30-22-20(24)13-18(14-21(22)25)23(27)26(15-17-8-5-4-6-9-17)19-10-12-31(28,29)16-19/h4-6,8-9,13-14,19H,2-3,7,10-12,15-16H2,1H3. The SMILES string of the molecule is CCCCCOc1c(Cl)cc(C(=O)N(Cc2ccccc2)C2CCS(=O)(=O)C2)cc1Cl. The molecular weight excluding hydrogens is 457 g/mol. The number of nitrogens with zero attached hydrogens (tertiary/aromatic N) is 1. The van der Waals surface area contributed by atoms with Crippen LogP contribution in [0.4, 0.5) is 0 Å². The molecule has 0 N–H and O–H groups in total. The topological polar surface area (TPSA) is 63.7 Å². The highest BCUT2D eigenvalue weighted by molar-refractivity contribution is 7.91. The number of carbonyl (C=O) groups excluding carboxylic acids is 1. The van der Waals surface area contributed by atoms with Gasteiger partial charge in [0.2, 0.25) is 0 Å². The Morgan fingerprint density at radius 1 is 1.13 bits per heavy atom. The Bertz CT molecular complexity index is 988. The fraction of sp³-hybridized carbons (Fsp3) is 0.435. The third-order valence-electron chi connectivity index (χ3n) is 5.35. The van der Waals surface area contributed by atoms with Crippen molar-refractivity contribution >= 4 is 38.9 Å². The van der Waals surface area contributed by atoms with Gasteiger partial charge in [0.05, 0.1) is 28.2 Å². The minimum absolute atomic E-state index is 0.0361. The summed E-state index contributed by atoms with van der Waals surface area (Å²) in [6.07, 6.45) is 3.43. The molecule has 0 radical (unpaired) electrons. The van der Waals surface area contributed by atoms with Gasteiger partial charge in [0, 0.05) is 18.2 Å². The molecule has 1 aliphatic rings. The van der Waals surface area contributed by atoms with E-state index in [2.05, 4.69) is 6.92 Å². The molecule has 1 amide bonds. The molecule has 1 unspecified atom stereocenters. The van der Waals surface area contributed by atoms with Gasteiger partial charge in [-0.3, -0.25) is 4.79 Å². The summed E-state index contributed by atoms with van der Waals surface area (Å²) in [5.74, 6) is 0.120. The Kier molecular flexibility index (Phi) is 8.25. The molecule has 2 aromatic rings. The van der Waals surface area contributed by atoms with E-state index in [4.69, 9.17) is 27.9 Å². The van der Waals surface area contributed by atoms with Gasteiger partial charge in [-0.1, -0.05) is 73.3 Å². The van der Waals surface area contributed by atoms with E-state index in [-0.39, 0.29) is 33.5 Å². The predicted molar refractivity (Wildman–Crippen MR) is 125 cm³/mol. The van der Waals surface area contributed by atoms with Gasteiger partial charge in [-0.2, -0.15) is 0 Å². The van der Waals surface area contributed by atoms with Crippen LogP contribution in [-0.4, -0.2) is 43.4 Å². The van der Waals surface area contributed by atoms with Crippen LogP contribution in [0.2, 0.25) is 10.0 Å². The van der Waals surface area contributed by atoms with Crippen molar-refractivity contribution in [1.29, 1.82) is 0 Å². The van der Waals surface area contributed by atoms with E-state index in [1.165, 1.54) is 0 Å². The van der Waals surface area contributed by atoms with Gasteiger partial charge in [-0.25, -0.2) is 8.42 Å². The lowest BCUT2D eigenvalue weighted by molar-refractivity contribution is 0.0681. The summed E-state index contributed by atoms with van der Waals surface area (Å²) in [5.41, 5.74) is 1.24. The second kappa shape index (κ2) is 10.7. The van der Waals surface area contributed by atoms with Crippen molar-refractivity contribution in [2.75, 3.05) is 18.1 Å². The molecule has 0 saturated carbocycles. The Labute approximate surface area is 194 Å². The smallest absolute Gasteiger partial charge is 0.254 e. The Morgan fingerprint density at radius 2 is 1.81 bits per heavy atom. The predicted octanol–water partition coefficient (Wildman–Crippen LogP) is 5.39. The molecule has 1 saturated heterocycles. The minimum Gasteiger partial charge on any atom is -0.490 e. The third kappa shape index (κ3) is 6.37. The third-order valence-corrected chi connectivity index (χ3v) is 7.66. The quantitative estimate of drug-likeness (QED) is 0.448. The fourth-order valence-electron chi connectivity index (χ4n) is 3.68. The van der Waals surface area contributed by atoms with Gasteiger partial charge < -0.3 is 9.64 Å². The summed E-state index contributed by atoms with van der Waals surface area (Å²) in [4.78, 5) is 15.0. The van der Waals surface area contributed by atoms with Crippen LogP contribution in [0.3, 0.4) is 0 Å². The van der Waals surface area contributed by atoms with Crippen molar-refractivity contribution in [3.8, 4) is 5.75 Å². The van der Waals surface area contributed by atoms with Crippen LogP contribution in [0.25, 0.3) is 0 Å². The van der Waals surface area contributed by atoms with Gasteiger partial charge in [-0.15, -0.1) is 0 Å². The summed E-state index contributed by atoms with van der Waals surface area (Å²) in [5, 5.41) is 0.539. The molecular formula is C23H27Cl2NO4S. The zero-order valence-electron chi connectivity index (χ0n) is 17.5. The summed E-state index contributed by atoms with van der Waals surface area (Å²) in [7, 11) is -3.15. The van der Waals surface area contributed by atoms with E-state index in [1.54, 1.807) is 17.0 Å². The zero-order chi connectivity index (χ0) is 22.4. The number of hydrogen-bond acceptors (Lipinski definition) is 4. The molecule has 168 valence electrons. The van der Waals surface area contributed by atoms with E-state index in [1.807, 2.05) is 30.3 Å². The van der Waals surface area contributed by atoms with Crippen molar-refractivity contribution in [1.82, 2.24) is 4.90 Å². The van der Waals surface area contributed by atoms with E-state index >= 15 is 0 Å². The number of halogens is 2. The number of hydrogen-bond donors (Lipinski definition) is 0. The molecule has 0 aliphatic carbocycles. The highest BCUT2D eigenvalue weighted by Crippen LogP contribution is 2.35. The molecule has 1 aliphatic heterocycles. The van der Waals surface area contributed by atoms with Gasteiger partial charge in [0.1, 0.15) is 0 Å². The number of sulfone groups is 1. The first-order valence-electron chi connectivity index (χ1n) is 10.5. The van der Waals surface area contributed by atoms with Crippen LogP contribution >= 0.6 is 23.2 Å². The molecule has 2 aromatic carbocycles. The molecule has 5 nitrogen and oxygen atoms in total. The first kappa shape index (κ1) is 23.9. The molecule has 1 fully saturated rings. The highest BCUT2D eigenvalue weighted by Gasteiger charge is 2.35. The van der Waals surface area contributed by atoms with Crippen LogP contribution in [0.5, 0.6) is 5.75 Å². The highest BCUT2D eigenvalue weighted by atomic mass is 35.5. The average molecular weight is 484 g/mol. The van der Waals surface area contributed by atoms with E-state index in [9.17, 15) is 13.2 Å². The van der Waals surface area contributed by atoms with Crippen LogP contribution < -0.4 is 4.74 Å². The number of amides is 1. The summed E-state index contributed by atoms with van der Waals surface area (Å²) in [6, 6.07) is 12.2. The minimum atomic E-state index is -3.15. The van der Waals surface area contributed by atoms with Crippen molar-refractivity contribution in [2.24, 2.45) is 0 Å². The van der Waals surface area contributed by atoms with E-state index in [0.29, 0.717) is 30.9 Å². The van der Waals surface area contributed by atoms with Gasteiger partial charge in [0.15, 0.2) is 15.6 Å². The Balaban J connectivity index is 1.85. The first-order chi connectivity index (χ1) is 14.8. The van der Waals surface area contributed by atoms with Crippen LogP contribution in [0.15, 0.2) is 42.5 Å². The fourth-order valence-corrected chi connectivity index (χ4v) is 6.01. The second-order valence-electron chi connectivity index (χ2n) is 7.80. The molecule has 3 rings (SSSR count). The van der Waals surface area contributed by atoms with Crippen molar-refractivity contribution in [3.05, 3.63) is 63.6 Å². The summed E-state index contributed by atoms with van der Waals surface area (Å²) in [6.45, 7) is 2.92. The monoisotopic (exact) mass is 483 g/mol. The molecule has 0 bridgehead atoms. The largest absolute Gasteiger partial charge is 0.490 e. The maximum Gasteiger partial charge on any atom is 0.254 e. The molecule has 1 heterocycles. The first-order valence-corrected chi connectivity index (χ1v) is 13.1. The van der Waals surface area contributed by atoms with Crippen molar-refractivity contribution in [2.45, 2.75) is 45.2 Å². The van der Waals surface area contributed by atoms with Gasteiger partial charge >= 0.3 is 0 Å². The van der Waals surface area contributed by atoms with Crippen LogP contribution in [0.1, 0.15) is 48.5 Å². The van der Waals surface area contributed by atoms with Crippen molar-refractivity contribution in [3.63, 3.8) is 0 Å². The van der Waals surface area contributed by atoms with Crippen LogP contribution in [0, 0.1) is 0 Å². The second-order valence-corrected chi connectivity index (χ2v) is 10.8. The van der Waals surface area contributed by atoms with E-state index < -0.39 is 9.84 Å². The molecule has 0 aromatic heterocycles. The maximum absolute atomic E-state index is 13.4. The number of rotatable bonds is 9. The maximum atomic E-state index is 13.4. The zero-order valence-corrected chi connectivity index (χ0v) is 19.8. The normalized spacial score (nSPS) is 17.5. The molecule has 1 atom stereocenters. The number of ether oxygens (including phenoxy) is 1. The Morgan fingerprint density at radius 3 is 2.39 bits per heavy atom. The molecule has 8 heteroatoms. The summed E-state index contributed by atoms with van der Waals surface area (Å²) < 4.78 is 29.8. The van der Waals surface area contributed by atoms with E-state index in [0.717, 1.165) is 24.8 Å². The molecule has 0 spiro atoms. The van der Waals surface area contributed by atoms with Crippen molar-refractivity contribution < 1.29 is 17.9 Å². The lowest BCUT2D eigenvalue weighted by atomic mass is 10.1.